The molecule has 1 fully saturated rings. The van der Waals surface area contributed by atoms with E-state index in [4.69, 9.17) is 5.11 Å². The topological polar surface area (TPSA) is 86.7 Å². The number of benzene rings is 1. The number of halogens is 1. The molecule has 0 aromatic heterocycles. The fraction of sp³-hybridized carbons (Fsp3) is 0.357. The van der Waals surface area contributed by atoms with E-state index in [0.717, 1.165) is 0 Å². The summed E-state index contributed by atoms with van der Waals surface area (Å²) in [6.45, 7) is 0.498. The number of carbonyl (C=O) groups excluding carboxylic acids is 2. The van der Waals surface area contributed by atoms with Crippen LogP contribution in [0.4, 0.5) is 4.39 Å². The van der Waals surface area contributed by atoms with Crippen molar-refractivity contribution >= 4 is 17.8 Å². The molecule has 1 aromatic carbocycles. The van der Waals surface area contributed by atoms with Crippen molar-refractivity contribution in [3.63, 3.8) is 0 Å². The van der Waals surface area contributed by atoms with Crippen LogP contribution in [0.15, 0.2) is 24.3 Å². The van der Waals surface area contributed by atoms with E-state index in [1.807, 2.05) is 0 Å². The van der Waals surface area contributed by atoms with Gasteiger partial charge in [0.25, 0.3) is 5.91 Å². The number of rotatable bonds is 5. The molecule has 0 aliphatic carbocycles. The van der Waals surface area contributed by atoms with Crippen molar-refractivity contribution in [2.24, 2.45) is 5.92 Å². The molecule has 2 rings (SSSR count). The molecular formula is C14H15FN2O4. The second-order valence-electron chi connectivity index (χ2n) is 4.81. The molecule has 0 spiro atoms. The predicted octanol–water partition coefficient (Wildman–Crippen LogP) is 0.489. The molecule has 1 unspecified atom stereocenters. The number of carbonyl (C=O) groups is 3. The average molecular weight is 294 g/mol. The minimum Gasteiger partial charge on any atom is -0.481 e. The molecular weight excluding hydrogens is 279 g/mol. The lowest BCUT2D eigenvalue weighted by Gasteiger charge is -2.16. The Morgan fingerprint density at radius 1 is 1.38 bits per heavy atom. The first-order valence-corrected chi connectivity index (χ1v) is 6.52. The number of likely N-dealkylation sites (tertiary alicyclic amines) is 1. The molecule has 1 atom stereocenters. The molecule has 0 saturated carbocycles. The predicted molar refractivity (Wildman–Crippen MR) is 71.1 cm³/mol. The zero-order valence-electron chi connectivity index (χ0n) is 11.2. The Morgan fingerprint density at radius 2 is 2.10 bits per heavy atom. The highest BCUT2D eigenvalue weighted by molar-refractivity contribution is 5.94. The molecule has 1 aliphatic rings. The third-order valence-corrected chi connectivity index (χ3v) is 3.35. The second-order valence-corrected chi connectivity index (χ2v) is 4.81. The van der Waals surface area contributed by atoms with Gasteiger partial charge in [-0.05, 0) is 12.1 Å². The number of nitrogens with zero attached hydrogens (tertiary/aromatic N) is 1. The first-order valence-electron chi connectivity index (χ1n) is 6.52. The molecule has 1 heterocycles. The lowest BCUT2D eigenvalue weighted by molar-refractivity contribution is -0.141. The van der Waals surface area contributed by atoms with Gasteiger partial charge in [-0.25, -0.2) is 4.39 Å². The molecule has 2 amide bonds. The van der Waals surface area contributed by atoms with Gasteiger partial charge >= 0.3 is 5.97 Å². The van der Waals surface area contributed by atoms with Crippen LogP contribution in [0.5, 0.6) is 0 Å². The quantitative estimate of drug-likeness (QED) is 0.827. The van der Waals surface area contributed by atoms with Gasteiger partial charge in [0.15, 0.2) is 0 Å². The van der Waals surface area contributed by atoms with Crippen LogP contribution in [-0.4, -0.2) is 47.4 Å². The van der Waals surface area contributed by atoms with Crippen molar-refractivity contribution in [1.29, 1.82) is 0 Å². The van der Waals surface area contributed by atoms with Crippen LogP contribution in [0.3, 0.4) is 0 Å². The maximum atomic E-state index is 13.4. The van der Waals surface area contributed by atoms with Crippen molar-refractivity contribution in [1.82, 2.24) is 10.2 Å². The summed E-state index contributed by atoms with van der Waals surface area (Å²) in [5.41, 5.74) is -0.0614. The Balaban J connectivity index is 1.82. The monoisotopic (exact) mass is 294 g/mol. The third-order valence-electron chi connectivity index (χ3n) is 3.35. The summed E-state index contributed by atoms with van der Waals surface area (Å²) >= 11 is 0. The van der Waals surface area contributed by atoms with E-state index in [-0.39, 0.29) is 37.5 Å². The van der Waals surface area contributed by atoms with E-state index < -0.39 is 23.6 Å². The van der Waals surface area contributed by atoms with Crippen molar-refractivity contribution < 1.29 is 23.9 Å². The summed E-state index contributed by atoms with van der Waals surface area (Å²) in [7, 11) is 0. The summed E-state index contributed by atoms with van der Waals surface area (Å²) in [5.74, 6) is -3.11. The second kappa shape index (κ2) is 6.34. The Labute approximate surface area is 120 Å². The highest BCUT2D eigenvalue weighted by Crippen LogP contribution is 2.17. The van der Waals surface area contributed by atoms with E-state index in [1.165, 1.54) is 23.1 Å². The van der Waals surface area contributed by atoms with Crippen molar-refractivity contribution in [2.45, 2.75) is 6.42 Å². The molecule has 0 bridgehead atoms. The number of carboxylic acid groups (broad SMARTS) is 1. The summed E-state index contributed by atoms with van der Waals surface area (Å²) in [6, 6.07) is 5.60. The Hall–Kier alpha value is -2.44. The molecule has 1 aliphatic heterocycles. The van der Waals surface area contributed by atoms with Gasteiger partial charge in [-0.15, -0.1) is 0 Å². The van der Waals surface area contributed by atoms with Crippen LogP contribution in [0.1, 0.15) is 16.8 Å². The lowest BCUT2D eigenvalue weighted by atomic mass is 10.1. The SMILES string of the molecule is O=C(NCCN1CC(C(=O)O)CC1=O)c1ccccc1F. The van der Waals surface area contributed by atoms with Gasteiger partial charge in [0.2, 0.25) is 5.91 Å². The molecule has 7 heteroatoms. The average Bonchev–Trinajstić information content (AvgIpc) is 2.81. The molecule has 1 saturated heterocycles. The van der Waals surface area contributed by atoms with Gasteiger partial charge in [0, 0.05) is 26.1 Å². The molecule has 112 valence electrons. The smallest absolute Gasteiger partial charge is 0.308 e. The van der Waals surface area contributed by atoms with Gasteiger partial charge in [0.05, 0.1) is 11.5 Å². The molecule has 2 N–H and O–H groups in total. The Morgan fingerprint density at radius 3 is 2.71 bits per heavy atom. The number of aliphatic carboxylic acids is 1. The fourth-order valence-corrected chi connectivity index (χ4v) is 2.20. The van der Waals surface area contributed by atoms with Crippen molar-refractivity contribution in [3.8, 4) is 0 Å². The van der Waals surface area contributed by atoms with Crippen molar-refractivity contribution in [2.75, 3.05) is 19.6 Å². The van der Waals surface area contributed by atoms with Crippen LogP contribution in [-0.2, 0) is 9.59 Å². The molecule has 6 nitrogen and oxygen atoms in total. The minimum atomic E-state index is -0.999. The molecule has 1 aromatic rings. The molecule has 0 radical (unpaired) electrons. The number of carboxylic acids is 1. The van der Waals surface area contributed by atoms with Crippen molar-refractivity contribution in [3.05, 3.63) is 35.6 Å². The summed E-state index contributed by atoms with van der Waals surface area (Å²) in [5, 5.41) is 11.4. The number of nitrogens with one attached hydrogen (secondary N) is 1. The van der Waals surface area contributed by atoms with Gasteiger partial charge in [0.1, 0.15) is 5.82 Å². The summed E-state index contributed by atoms with van der Waals surface area (Å²) in [4.78, 5) is 35.5. The summed E-state index contributed by atoms with van der Waals surface area (Å²) < 4.78 is 13.4. The van der Waals surface area contributed by atoms with E-state index in [0.29, 0.717) is 0 Å². The van der Waals surface area contributed by atoms with Gasteiger partial charge in [-0.3, -0.25) is 14.4 Å². The first-order chi connectivity index (χ1) is 9.99. The maximum absolute atomic E-state index is 13.4. The zero-order valence-corrected chi connectivity index (χ0v) is 11.2. The van der Waals surface area contributed by atoms with Crippen LogP contribution < -0.4 is 5.32 Å². The maximum Gasteiger partial charge on any atom is 0.308 e. The van der Waals surface area contributed by atoms with Gasteiger partial charge in [-0.2, -0.15) is 0 Å². The summed E-state index contributed by atoms with van der Waals surface area (Å²) in [6.07, 6.45) is -0.0173. The van der Waals surface area contributed by atoms with Crippen LogP contribution in [0.25, 0.3) is 0 Å². The third kappa shape index (κ3) is 3.56. The normalized spacial score (nSPS) is 17.9. The number of hydrogen-bond donors (Lipinski definition) is 2. The Bertz CT molecular complexity index is 576. The molecule has 21 heavy (non-hydrogen) atoms. The largest absolute Gasteiger partial charge is 0.481 e. The first kappa shape index (κ1) is 15.0. The fourth-order valence-electron chi connectivity index (χ4n) is 2.20. The number of hydrogen-bond acceptors (Lipinski definition) is 3. The van der Waals surface area contributed by atoms with E-state index in [1.54, 1.807) is 6.07 Å². The zero-order chi connectivity index (χ0) is 15.4. The highest BCUT2D eigenvalue weighted by atomic mass is 19.1. The van der Waals surface area contributed by atoms with Gasteiger partial charge in [-0.1, -0.05) is 12.1 Å². The standard InChI is InChI=1S/C14H15FN2O4/c15-11-4-2-1-3-10(11)13(19)16-5-6-17-8-9(14(20)21)7-12(17)18/h1-4,9H,5-8H2,(H,16,19)(H,20,21). The highest BCUT2D eigenvalue weighted by Gasteiger charge is 2.33. The van der Waals surface area contributed by atoms with Gasteiger partial charge < -0.3 is 15.3 Å². The Kier molecular flexibility index (Phi) is 4.52. The minimum absolute atomic E-state index is 0.0173. The van der Waals surface area contributed by atoms with E-state index >= 15 is 0 Å². The lowest BCUT2D eigenvalue weighted by Crippen LogP contribution is -2.36. The van der Waals surface area contributed by atoms with Crippen LogP contribution in [0.2, 0.25) is 0 Å². The van der Waals surface area contributed by atoms with Crippen LogP contribution >= 0.6 is 0 Å². The van der Waals surface area contributed by atoms with E-state index in [2.05, 4.69) is 5.32 Å². The number of amides is 2. The van der Waals surface area contributed by atoms with Crippen LogP contribution in [0, 0.1) is 11.7 Å². The van der Waals surface area contributed by atoms with E-state index in [9.17, 15) is 18.8 Å².